The van der Waals surface area contributed by atoms with E-state index < -0.39 is 11.9 Å². The Labute approximate surface area is 219 Å². The first-order chi connectivity index (χ1) is 17.3. The molecule has 1 aliphatic heterocycles. The molecule has 0 atom stereocenters. The molecule has 0 aliphatic carbocycles. The van der Waals surface area contributed by atoms with Crippen molar-refractivity contribution in [2.45, 2.75) is 50.0 Å². The van der Waals surface area contributed by atoms with Gasteiger partial charge in [0.2, 0.25) is 0 Å². The van der Waals surface area contributed by atoms with E-state index in [4.69, 9.17) is 21.8 Å². The number of hydrogen-bond acceptors (Lipinski definition) is 5. The van der Waals surface area contributed by atoms with Crippen LogP contribution in [0.25, 0.3) is 11.0 Å². The maximum Gasteiger partial charge on any atom is 0.328 e. The van der Waals surface area contributed by atoms with Gasteiger partial charge in [0.05, 0.1) is 28.9 Å². The van der Waals surface area contributed by atoms with Gasteiger partial charge >= 0.3 is 17.6 Å². The summed E-state index contributed by atoms with van der Waals surface area (Å²) in [5.74, 6) is -1.14. The molecule has 3 aromatic rings. The van der Waals surface area contributed by atoms with Gasteiger partial charge in [0, 0.05) is 18.5 Å². The van der Waals surface area contributed by atoms with Gasteiger partial charge in [0.25, 0.3) is 0 Å². The Morgan fingerprint density at radius 2 is 1.67 bits per heavy atom. The van der Waals surface area contributed by atoms with Crippen LogP contribution in [0.4, 0.5) is 0 Å². The lowest BCUT2D eigenvalue weighted by Crippen LogP contribution is -2.22. The zero-order valence-corrected chi connectivity index (χ0v) is 21.9. The second kappa shape index (κ2) is 13.5. The number of unbranched alkanes of at least 4 members (excludes halogenated alkanes) is 1. The highest BCUT2D eigenvalue weighted by Crippen LogP contribution is 2.34. The van der Waals surface area contributed by atoms with Crippen LogP contribution in [-0.2, 0) is 36.0 Å². The van der Waals surface area contributed by atoms with Gasteiger partial charge in [0.15, 0.2) is 0 Å². The first-order valence-corrected chi connectivity index (χ1v) is 13.4. The van der Waals surface area contributed by atoms with Crippen molar-refractivity contribution in [3.63, 3.8) is 0 Å². The maximum atomic E-state index is 12.5. The third-order valence-electron chi connectivity index (χ3n) is 6.06. The van der Waals surface area contributed by atoms with E-state index in [2.05, 4.69) is 11.4 Å². The first-order valence-electron chi connectivity index (χ1n) is 12.0. The number of imidazole rings is 1. The predicted octanol–water partition coefficient (Wildman–Crippen LogP) is 4.19. The van der Waals surface area contributed by atoms with Gasteiger partial charge in [-0.3, -0.25) is 18.7 Å². The van der Waals surface area contributed by atoms with Crippen molar-refractivity contribution in [3.05, 3.63) is 63.0 Å². The molecule has 1 aromatic heterocycles. The van der Waals surface area contributed by atoms with Crippen molar-refractivity contribution < 1.29 is 19.8 Å². The minimum absolute atomic E-state index is 0.0674. The summed E-state index contributed by atoms with van der Waals surface area (Å²) in [6, 6.07) is 12.2. The quantitative estimate of drug-likeness (QED) is 0.279. The number of fused-ring (bicyclic) bond motifs is 2. The number of aryl methyl sites for hydroxylation is 2. The predicted molar refractivity (Wildman–Crippen MR) is 143 cm³/mol. The molecule has 0 saturated heterocycles. The Hall–Kier alpha value is -2.75. The summed E-state index contributed by atoms with van der Waals surface area (Å²) in [5.41, 5.74) is 4.94. The number of carboxylic acid groups (broad SMARTS) is 2. The highest BCUT2D eigenvalue weighted by molar-refractivity contribution is 7.99. The van der Waals surface area contributed by atoms with Crippen LogP contribution in [0.5, 0.6) is 0 Å². The molecule has 8 nitrogen and oxygen atoms in total. The molecule has 0 radical (unpaired) electrons. The lowest BCUT2D eigenvalue weighted by Gasteiger charge is -2.14. The number of hydrogen-bond donors (Lipinski definition) is 3. The average Bonchev–Trinajstić information content (AvgIpc) is 3.00. The lowest BCUT2D eigenvalue weighted by molar-refractivity contribution is -0.143. The second-order valence-corrected chi connectivity index (χ2v) is 10.1. The maximum absolute atomic E-state index is 12.5. The van der Waals surface area contributed by atoms with Crippen LogP contribution in [0, 0.1) is 0 Å². The molecule has 0 fully saturated rings. The summed E-state index contributed by atoms with van der Waals surface area (Å²) in [4.78, 5) is 33.0. The van der Waals surface area contributed by atoms with Gasteiger partial charge in [-0.2, -0.15) is 0 Å². The molecule has 2 aromatic carbocycles. The standard InChI is InChI=1S/C22H26ClN3OS.C4H6O4/c1-25-19-6-2-3-7-20(19)26(22(25)27)14-4-5-15-28-21-17-11-13-24-12-10-16(17)8-9-18(21)23;5-3(6)1-2-4(7)8/h2-3,6-9,24H,4-5,10-15H2,1H3;1-2H2,(H,5,6)(H,7,8). The number of benzene rings is 2. The zero-order chi connectivity index (χ0) is 26.1. The van der Waals surface area contributed by atoms with Gasteiger partial charge < -0.3 is 15.5 Å². The molecule has 4 rings (SSSR count). The molecule has 10 heteroatoms. The molecule has 0 saturated carbocycles. The Bertz CT molecular complexity index is 1260. The van der Waals surface area contributed by atoms with Crippen molar-refractivity contribution >= 4 is 46.3 Å². The molecule has 3 N–H and O–H groups in total. The van der Waals surface area contributed by atoms with Crippen LogP contribution in [0.15, 0.2) is 46.1 Å². The van der Waals surface area contributed by atoms with Gasteiger partial charge in [0.1, 0.15) is 0 Å². The van der Waals surface area contributed by atoms with Crippen LogP contribution in [0.1, 0.15) is 36.8 Å². The summed E-state index contributed by atoms with van der Waals surface area (Å²) in [7, 11) is 1.84. The molecule has 0 bridgehead atoms. The number of nitrogens with zero attached hydrogens (tertiary/aromatic N) is 2. The molecule has 0 unspecified atom stereocenters. The van der Waals surface area contributed by atoms with Crippen molar-refractivity contribution in [2.75, 3.05) is 18.8 Å². The van der Waals surface area contributed by atoms with E-state index in [1.807, 2.05) is 53.7 Å². The number of aromatic nitrogens is 2. The monoisotopic (exact) mass is 533 g/mol. The summed E-state index contributed by atoms with van der Waals surface area (Å²) in [5, 5.41) is 20.1. The number of thioether (sulfide) groups is 1. The number of para-hydroxylation sites is 2. The van der Waals surface area contributed by atoms with E-state index in [1.165, 1.54) is 16.0 Å². The van der Waals surface area contributed by atoms with Crippen molar-refractivity contribution in [1.82, 2.24) is 14.5 Å². The highest BCUT2D eigenvalue weighted by atomic mass is 35.5. The third kappa shape index (κ3) is 7.38. The highest BCUT2D eigenvalue weighted by Gasteiger charge is 2.15. The van der Waals surface area contributed by atoms with Crippen LogP contribution in [-0.4, -0.2) is 50.1 Å². The van der Waals surface area contributed by atoms with Crippen molar-refractivity contribution in [1.29, 1.82) is 0 Å². The summed E-state index contributed by atoms with van der Waals surface area (Å²) in [6.45, 7) is 2.81. The first kappa shape index (κ1) is 27.8. The van der Waals surface area contributed by atoms with E-state index in [1.54, 1.807) is 4.57 Å². The number of halogens is 1. The van der Waals surface area contributed by atoms with Crippen LogP contribution in [0.2, 0.25) is 5.02 Å². The van der Waals surface area contributed by atoms with Gasteiger partial charge in [-0.15, -0.1) is 11.8 Å². The van der Waals surface area contributed by atoms with Gasteiger partial charge in [-0.25, -0.2) is 4.79 Å². The Morgan fingerprint density at radius 1 is 1.00 bits per heavy atom. The molecule has 1 aliphatic rings. The SMILES string of the molecule is Cn1c(=O)n(CCCCSc2c(Cl)ccc3c2CCNCC3)c2ccccc21.O=C(O)CCC(=O)O. The third-order valence-corrected chi connectivity index (χ3v) is 7.73. The van der Waals surface area contributed by atoms with Crippen LogP contribution >= 0.6 is 23.4 Å². The number of rotatable bonds is 9. The van der Waals surface area contributed by atoms with Crippen LogP contribution < -0.4 is 11.0 Å². The summed E-state index contributed by atoms with van der Waals surface area (Å²) in [6.07, 6.45) is 3.56. The molecule has 0 amide bonds. The molecular weight excluding hydrogens is 502 g/mol. The van der Waals surface area contributed by atoms with Crippen LogP contribution in [0.3, 0.4) is 0 Å². The smallest absolute Gasteiger partial charge is 0.328 e. The average molecular weight is 534 g/mol. The number of carboxylic acids is 2. The zero-order valence-electron chi connectivity index (χ0n) is 20.3. The number of nitrogens with one attached hydrogen (secondary N) is 1. The summed E-state index contributed by atoms with van der Waals surface area (Å²) < 4.78 is 3.63. The number of aliphatic carboxylic acids is 2. The molecule has 36 heavy (non-hydrogen) atoms. The molecular formula is C26H32ClN3O5S. The Kier molecular flexibility index (Phi) is 10.5. The molecule has 2 heterocycles. The number of carbonyl (C=O) groups is 2. The second-order valence-electron chi connectivity index (χ2n) is 8.59. The lowest BCUT2D eigenvalue weighted by atomic mass is 10.0. The fourth-order valence-electron chi connectivity index (χ4n) is 4.21. The summed E-state index contributed by atoms with van der Waals surface area (Å²) >= 11 is 8.39. The Balaban J connectivity index is 0.000000392. The molecule has 0 spiro atoms. The van der Waals surface area contributed by atoms with E-state index >= 15 is 0 Å². The fourth-order valence-corrected chi connectivity index (χ4v) is 5.71. The fraction of sp³-hybridized carbons (Fsp3) is 0.423. The van der Waals surface area contributed by atoms with Gasteiger partial charge in [-0.05, 0) is 73.9 Å². The largest absolute Gasteiger partial charge is 0.481 e. The Morgan fingerprint density at radius 3 is 2.36 bits per heavy atom. The van der Waals surface area contributed by atoms with Gasteiger partial charge in [-0.1, -0.05) is 29.8 Å². The van der Waals surface area contributed by atoms with Crippen molar-refractivity contribution in [3.8, 4) is 0 Å². The minimum atomic E-state index is -1.08. The normalized spacial score (nSPS) is 12.9. The van der Waals surface area contributed by atoms with Crippen molar-refractivity contribution in [2.24, 2.45) is 7.05 Å². The van der Waals surface area contributed by atoms with E-state index in [9.17, 15) is 14.4 Å². The topological polar surface area (TPSA) is 114 Å². The van der Waals surface area contributed by atoms with E-state index in [-0.39, 0.29) is 18.5 Å². The van der Waals surface area contributed by atoms with E-state index in [0.717, 1.165) is 67.1 Å². The van der Waals surface area contributed by atoms with E-state index in [0.29, 0.717) is 0 Å². The molecule has 194 valence electrons. The minimum Gasteiger partial charge on any atom is -0.481 e.